The molecule has 0 heterocycles. The zero-order valence-electron chi connectivity index (χ0n) is 2.32. The van der Waals surface area contributed by atoms with Crippen LogP contribution in [-0.4, -0.2) is 28.5 Å². The van der Waals surface area contributed by atoms with Crippen molar-refractivity contribution in [3.8, 4) is 0 Å². The molecular formula is C2H5AlCl2O. The van der Waals surface area contributed by atoms with E-state index in [0.717, 1.165) is 0 Å². The van der Waals surface area contributed by atoms with Crippen molar-refractivity contribution in [3.05, 3.63) is 0 Å². The molecule has 4 heteroatoms. The summed E-state index contributed by atoms with van der Waals surface area (Å²) in [5, 5.41) is 0. The highest BCUT2D eigenvalue weighted by atomic mass is 35.5. The first kappa shape index (κ1) is 9.92. The molecule has 0 amide bonds. The van der Waals surface area contributed by atoms with Crippen LogP contribution in [0.15, 0.2) is 0 Å². The number of halogens is 2. The van der Waals surface area contributed by atoms with Crippen LogP contribution in [0.25, 0.3) is 0 Å². The molecule has 6 heavy (non-hydrogen) atoms. The van der Waals surface area contributed by atoms with Crippen LogP contribution in [0.1, 0.15) is 0 Å². The third-order valence-electron chi connectivity index (χ3n) is 0.103. The summed E-state index contributed by atoms with van der Waals surface area (Å²) in [6.07, 6.45) is 0.448. The molecule has 0 spiro atoms. The van der Waals surface area contributed by atoms with E-state index in [1.54, 1.807) is 0 Å². The first-order valence-corrected chi connectivity index (χ1v) is 1.88. The van der Waals surface area contributed by atoms with Crippen molar-refractivity contribution in [3.63, 3.8) is 0 Å². The minimum atomic E-state index is -0.852. The van der Waals surface area contributed by atoms with Gasteiger partial charge in [-0.25, -0.2) is 0 Å². The lowest BCUT2D eigenvalue weighted by Crippen LogP contribution is -1.81. The maximum Gasteiger partial charge on any atom is 0.187 e. The van der Waals surface area contributed by atoms with Gasteiger partial charge in [0, 0.05) is 0 Å². The molecule has 0 aliphatic rings. The van der Waals surface area contributed by atoms with E-state index in [-0.39, 0.29) is 17.4 Å². The molecular weight excluding hydrogens is 138 g/mol. The average molecular weight is 143 g/mol. The van der Waals surface area contributed by atoms with Crippen molar-refractivity contribution in [2.75, 3.05) is 0 Å². The fourth-order valence-corrected chi connectivity index (χ4v) is 0. The smallest absolute Gasteiger partial charge is 0.187 e. The van der Waals surface area contributed by atoms with Crippen LogP contribution in [0.3, 0.4) is 0 Å². The van der Waals surface area contributed by atoms with E-state index in [9.17, 15) is 4.79 Å². The van der Waals surface area contributed by atoms with Crippen LogP contribution in [0.4, 0.5) is 0 Å². The Labute approximate surface area is 56.7 Å². The van der Waals surface area contributed by atoms with Gasteiger partial charge in [0.1, 0.15) is 0 Å². The Morgan fingerprint density at radius 3 is 1.67 bits per heavy atom. The molecule has 0 aromatic carbocycles. The lowest BCUT2D eigenvalue weighted by Gasteiger charge is -1.72. The van der Waals surface area contributed by atoms with Crippen molar-refractivity contribution in [2.24, 2.45) is 0 Å². The van der Waals surface area contributed by atoms with Crippen molar-refractivity contribution < 1.29 is 4.79 Å². The number of rotatable bonds is 1. The predicted molar refractivity (Wildman–Crippen MR) is 31.5 cm³/mol. The second kappa shape index (κ2) is 5.78. The second-order valence-corrected chi connectivity index (χ2v) is 1.63. The maximum absolute atomic E-state index is 9.24. The fourth-order valence-electron chi connectivity index (χ4n) is 0. The molecule has 0 N–H and O–H groups in total. The lowest BCUT2D eigenvalue weighted by molar-refractivity contribution is -0.106. The molecule has 0 fully saturated rings. The largest absolute Gasteiger partial charge is 0.300 e. The molecule has 0 aliphatic carbocycles. The molecule has 0 aromatic rings. The quantitative estimate of drug-likeness (QED) is 0.282. The third-order valence-corrected chi connectivity index (χ3v) is 0.309. The molecule has 0 saturated carbocycles. The van der Waals surface area contributed by atoms with Crippen LogP contribution in [0, 0.1) is 0 Å². The van der Waals surface area contributed by atoms with Crippen LogP contribution < -0.4 is 0 Å². The minimum Gasteiger partial charge on any atom is -0.300 e. The molecule has 0 aliphatic heterocycles. The molecule has 0 rings (SSSR count). The molecule has 36 valence electrons. The number of hydrogen-bond donors (Lipinski definition) is 0. The Morgan fingerprint density at radius 2 is 1.67 bits per heavy atom. The number of carbonyl (C=O) groups is 1. The number of aldehydes is 1. The minimum absolute atomic E-state index is 0. The summed E-state index contributed by atoms with van der Waals surface area (Å²) in [4.78, 5) is 8.39. The second-order valence-electron chi connectivity index (χ2n) is 0.471. The Bertz CT molecular complexity index is 38.5. The summed E-state index contributed by atoms with van der Waals surface area (Å²) in [5.41, 5.74) is 0. The Hall–Kier alpha value is 0.782. The summed E-state index contributed by atoms with van der Waals surface area (Å²) < 4.78 is 0. The first-order valence-electron chi connectivity index (χ1n) is 1.01. The standard InChI is InChI=1S/C2H2Cl2O.Al.3H/c3-2(4)1-5;;;;/h1-2H;;;;. The average Bonchev–Trinajstić information content (AvgIpc) is 1.38. The van der Waals surface area contributed by atoms with Crippen LogP contribution in [-0.2, 0) is 4.79 Å². The van der Waals surface area contributed by atoms with Gasteiger partial charge in [0.15, 0.2) is 28.5 Å². The van der Waals surface area contributed by atoms with Crippen LogP contribution in [0.5, 0.6) is 0 Å². The van der Waals surface area contributed by atoms with Gasteiger partial charge in [-0.05, 0) is 0 Å². The van der Waals surface area contributed by atoms with Gasteiger partial charge in [-0.15, -0.1) is 0 Å². The predicted octanol–water partition coefficient (Wildman–Crippen LogP) is -0.195. The molecule has 0 saturated heterocycles. The SMILES string of the molecule is O=CC(Cl)Cl.[AlH3]. The molecule has 0 aromatic heterocycles. The van der Waals surface area contributed by atoms with Crippen LogP contribution in [0.2, 0.25) is 0 Å². The zero-order chi connectivity index (χ0) is 4.28. The summed E-state index contributed by atoms with van der Waals surface area (Å²) in [6.45, 7) is 0. The van der Waals surface area contributed by atoms with Crippen molar-refractivity contribution in [2.45, 2.75) is 4.84 Å². The Balaban J connectivity index is 0. The summed E-state index contributed by atoms with van der Waals surface area (Å²) in [5.74, 6) is 0. The Kier molecular flexibility index (Phi) is 9.56. The van der Waals surface area contributed by atoms with Crippen molar-refractivity contribution >= 4 is 46.8 Å². The van der Waals surface area contributed by atoms with Crippen molar-refractivity contribution in [1.82, 2.24) is 0 Å². The van der Waals surface area contributed by atoms with Gasteiger partial charge >= 0.3 is 0 Å². The Morgan fingerprint density at radius 1 is 1.50 bits per heavy atom. The van der Waals surface area contributed by atoms with E-state index in [1.165, 1.54) is 0 Å². The van der Waals surface area contributed by atoms with Gasteiger partial charge in [0.05, 0.1) is 0 Å². The van der Waals surface area contributed by atoms with Gasteiger partial charge < -0.3 is 4.79 Å². The van der Waals surface area contributed by atoms with Crippen LogP contribution >= 0.6 is 23.2 Å². The van der Waals surface area contributed by atoms with Gasteiger partial charge in [-0.2, -0.15) is 0 Å². The molecule has 0 radical (unpaired) electrons. The van der Waals surface area contributed by atoms with E-state index >= 15 is 0 Å². The molecule has 0 unspecified atom stereocenters. The first-order chi connectivity index (χ1) is 2.27. The number of carbonyl (C=O) groups excluding carboxylic acids is 1. The highest BCUT2D eigenvalue weighted by Gasteiger charge is 1.86. The van der Waals surface area contributed by atoms with Gasteiger partial charge in [-0.1, -0.05) is 23.2 Å². The van der Waals surface area contributed by atoms with Gasteiger partial charge in [0.2, 0.25) is 0 Å². The molecule has 1 nitrogen and oxygen atoms in total. The highest BCUT2D eigenvalue weighted by molar-refractivity contribution is 6.51. The fraction of sp³-hybridized carbons (Fsp3) is 0.500. The monoisotopic (exact) mass is 142 g/mol. The van der Waals surface area contributed by atoms with Crippen molar-refractivity contribution in [1.29, 1.82) is 0 Å². The molecule has 0 bridgehead atoms. The lowest BCUT2D eigenvalue weighted by atomic mass is 10.9. The topological polar surface area (TPSA) is 17.1 Å². The number of hydrogen-bond acceptors (Lipinski definition) is 1. The summed E-state index contributed by atoms with van der Waals surface area (Å²) >= 11 is 9.72. The van der Waals surface area contributed by atoms with Gasteiger partial charge in [0.25, 0.3) is 0 Å². The third kappa shape index (κ3) is 8.84. The zero-order valence-corrected chi connectivity index (χ0v) is 3.83. The summed E-state index contributed by atoms with van der Waals surface area (Å²) in [6, 6.07) is 0. The van der Waals surface area contributed by atoms with E-state index in [2.05, 4.69) is 0 Å². The summed E-state index contributed by atoms with van der Waals surface area (Å²) in [7, 11) is 0. The van der Waals surface area contributed by atoms with E-state index in [4.69, 9.17) is 23.2 Å². The highest BCUT2D eigenvalue weighted by Crippen LogP contribution is 1.93. The van der Waals surface area contributed by atoms with Gasteiger partial charge in [-0.3, -0.25) is 0 Å². The van der Waals surface area contributed by atoms with E-state index < -0.39 is 4.84 Å². The normalized spacial score (nSPS) is 7.17. The number of alkyl halides is 2. The molecule has 0 atom stereocenters. The van der Waals surface area contributed by atoms with E-state index in [0.29, 0.717) is 6.29 Å². The maximum atomic E-state index is 9.24. The van der Waals surface area contributed by atoms with E-state index in [1.807, 2.05) is 0 Å².